The number of phosphoric ester groups is 1. The number of H-pyrrole nitrogens is 1. The molecule has 1 aliphatic heterocycles. The molecule has 2 rings (SSSR count). The molecule has 1 aliphatic rings. The maximum atomic E-state index is 13.1. The van der Waals surface area contributed by atoms with Crippen molar-refractivity contribution in [3.63, 3.8) is 0 Å². The Balaban J connectivity index is 1.70. The number of azide groups is 1. The lowest BCUT2D eigenvalue weighted by Gasteiger charge is -2.21. The van der Waals surface area contributed by atoms with E-state index in [9.17, 15) is 19.0 Å². The van der Waals surface area contributed by atoms with Crippen molar-refractivity contribution in [3.8, 4) is 0 Å². The molecule has 1 unspecified atom stereocenters. The molecule has 1 saturated heterocycles. The van der Waals surface area contributed by atoms with Gasteiger partial charge in [0, 0.05) is 36.3 Å². The highest BCUT2D eigenvalue weighted by Crippen LogP contribution is 2.45. The molecule has 1 aromatic rings. The molecule has 1 fully saturated rings. The third-order valence-electron chi connectivity index (χ3n) is 12.5. The SMILES string of the molecule is CCCCCCCCCCCCCCCCCCOC[C@H](COP(=O)(O)OC[C@H]1O[C@@H](n2cc(C)c(=O)[nH]c2=O)C[C@@H]1N=[N+]=[N-])OCCCCCCCCCCCCCCCCCC. The van der Waals surface area contributed by atoms with Gasteiger partial charge >= 0.3 is 13.5 Å². The molecule has 0 aliphatic carbocycles. The lowest BCUT2D eigenvalue weighted by Crippen LogP contribution is -2.33. The van der Waals surface area contributed by atoms with Gasteiger partial charge in [0.05, 0.1) is 32.0 Å². The van der Waals surface area contributed by atoms with Crippen LogP contribution in [-0.4, -0.2) is 65.7 Å². The minimum absolute atomic E-state index is 0.103. The van der Waals surface area contributed by atoms with Crippen LogP contribution in [0, 0.1) is 6.92 Å². The van der Waals surface area contributed by atoms with E-state index in [1.165, 1.54) is 184 Å². The molecular formula is C49H92N5O9P. The number of nitrogens with one attached hydrogen (secondary N) is 1. The fourth-order valence-corrected chi connectivity index (χ4v) is 9.18. The fraction of sp³-hybridized carbons (Fsp3) is 0.918. The predicted octanol–water partition coefficient (Wildman–Crippen LogP) is 13.9. The average Bonchev–Trinajstić information content (AvgIpc) is 3.68. The molecule has 5 atom stereocenters. The van der Waals surface area contributed by atoms with Crippen LogP contribution < -0.4 is 11.2 Å². The van der Waals surface area contributed by atoms with Crippen LogP contribution in [0.3, 0.4) is 0 Å². The summed E-state index contributed by atoms with van der Waals surface area (Å²) in [5.41, 5.74) is 8.25. The molecule has 2 N–H and O–H groups in total. The van der Waals surface area contributed by atoms with E-state index in [1.807, 2.05) is 0 Å². The van der Waals surface area contributed by atoms with Crippen molar-refractivity contribution in [3.05, 3.63) is 43.0 Å². The van der Waals surface area contributed by atoms with E-state index >= 15 is 0 Å². The monoisotopic (exact) mass is 926 g/mol. The van der Waals surface area contributed by atoms with Gasteiger partial charge in [0.1, 0.15) is 12.3 Å². The van der Waals surface area contributed by atoms with Gasteiger partial charge in [-0.2, -0.15) is 0 Å². The lowest BCUT2D eigenvalue weighted by atomic mass is 10.0. The summed E-state index contributed by atoms with van der Waals surface area (Å²) in [5, 5.41) is 3.76. The predicted molar refractivity (Wildman–Crippen MR) is 259 cm³/mol. The van der Waals surface area contributed by atoms with Crippen LogP contribution in [0.25, 0.3) is 10.4 Å². The number of aryl methyl sites for hydroxylation is 1. The van der Waals surface area contributed by atoms with Crippen LogP contribution in [0.4, 0.5) is 0 Å². The van der Waals surface area contributed by atoms with E-state index in [0.29, 0.717) is 18.8 Å². The largest absolute Gasteiger partial charge is 0.472 e. The maximum absolute atomic E-state index is 13.1. The van der Waals surface area contributed by atoms with Gasteiger partial charge in [-0.25, -0.2) is 9.36 Å². The van der Waals surface area contributed by atoms with E-state index in [-0.39, 0.29) is 19.6 Å². The third kappa shape index (κ3) is 29.6. The normalized spacial score (nSPS) is 17.7. The molecule has 0 bridgehead atoms. The zero-order valence-corrected chi connectivity index (χ0v) is 41.6. The second kappa shape index (κ2) is 39.0. The first-order chi connectivity index (χ1) is 31.2. The van der Waals surface area contributed by atoms with Crippen molar-refractivity contribution in [2.24, 2.45) is 5.11 Å². The van der Waals surface area contributed by atoms with Crippen molar-refractivity contribution in [2.45, 2.75) is 257 Å². The summed E-state index contributed by atoms with van der Waals surface area (Å²) in [6.45, 7) is 6.79. The highest BCUT2D eigenvalue weighted by atomic mass is 31.2. The Hall–Kier alpha value is -2.02. The van der Waals surface area contributed by atoms with Gasteiger partial charge in [0.2, 0.25) is 0 Å². The summed E-state index contributed by atoms with van der Waals surface area (Å²) < 4.78 is 43.0. The van der Waals surface area contributed by atoms with Crippen LogP contribution in [0.15, 0.2) is 20.9 Å². The van der Waals surface area contributed by atoms with E-state index in [1.54, 1.807) is 6.92 Å². The van der Waals surface area contributed by atoms with Crippen molar-refractivity contribution < 1.29 is 32.7 Å². The fourth-order valence-electron chi connectivity index (χ4n) is 8.42. The number of rotatable bonds is 45. The van der Waals surface area contributed by atoms with Crippen molar-refractivity contribution in [2.75, 3.05) is 33.0 Å². The number of hydrogen-bond acceptors (Lipinski definition) is 9. The summed E-state index contributed by atoms with van der Waals surface area (Å²) in [6.07, 6.45) is 40.6. The number of ether oxygens (including phenoxy) is 3. The van der Waals surface area contributed by atoms with Crippen LogP contribution >= 0.6 is 7.82 Å². The Kier molecular flexibility index (Phi) is 35.4. The first-order valence-electron chi connectivity index (χ1n) is 26.0. The summed E-state index contributed by atoms with van der Waals surface area (Å²) in [7, 11) is -4.58. The molecular weight excluding hydrogens is 834 g/mol. The van der Waals surface area contributed by atoms with Crippen LogP contribution in [0.5, 0.6) is 0 Å². The molecule has 2 heterocycles. The molecule has 0 saturated carbocycles. The number of unbranched alkanes of at least 4 members (excludes halogenated alkanes) is 30. The number of aromatic amines is 1. The summed E-state index contributed by atoms with van der Waals surface area (Å²) >= 11 is 0. The summed E-state index contributed by atoms with van der Waals surface area (Å²) in [4.78, 5) is 40.1. The molecule has 14 nitrogen and oxygen atoms in total. The first kappa shape index (κ1) is 58.1. The zero-order chi connectivity index (χ0) is 46.4. The molecule has 0 amide bonds. The molecule has 15 heteroatoms. The van der Waals surface area contributed by atoms with E-state index < -0.39 is 50.2 Å². The van der Waals surface area contributed by atoms with Gasteiger partial charge in [-0.05, 0) is 25.3 Å². The highest BCUT2D eigenvalue weighted by Gasteiger charge is 2.38. The lowest BCUT2D eigenvalue weighted by molar-refractivity contribution is -0.0503. The molecule has 64 heavy (non-hydrogen) atoms. The quantitative estimate of drug-likeness (QED) is 0.0211. The van der Waals surface area contributed by atoms with Gasteiger partial charge in [0.15, 0.2) is 0 Å². The highest BCUT2D eigenvalue weighted by molar-refractivity contribution is 7.47. The van der Waals surface area contributed by atoms with Crippen LogP contribution in [0.1, 0.15) is 238 Å². The number of aromatic nitrogens is 2. The Labute approximate surface area is 387 Å². The number of nitrogens with zero attached hydrogens (tertiary/aromatic N) is 4. The van der Waals surface area contributed by atoms with Gasteiger partial charge < -0.3 is 19.1 Å². The Bertz CT molecular complexity index is 1490. The maximum Gasteiger partial charge on any atom is 0.472 e. The topological polar surface area (TPSA) is 187 Å². The van der Waals surface area contributed by atoms with Gasteiger partial charge in [-0.3, -0.25) is 23.4 Å². The Morgan fingerprint density at radius 3 is 1.61 bits per heavy atom. The van der Waals surface area contributed by atoms with E-state index in [4.69, 9.17) is 28.8 Å². The molecule has 0 spiro atoms. The van der Waals surface area contributed by atoms with Gasteiger partial charge in [0.25, 0.3) is 5.56 Å². The Morgan fingerprint density at radius 1 is 0.719 bits per heavy atom. The summed E-state index contributed by atoms with van der Waals surface area (Å²) in [6, 6.07) is -0.789. The first-order valence-corrected chi connectivity index (χ1v) is 27.5. The number of hydrogen-bond donors (Lipinski definition) is 2. The summed E-state index contributed by atoms with van der Waals surface area (Å²) in [5.74, 6) is 0. The van der Waals surface area contributed by atoms with Crippen molar-refractivity contribution in [1.82, 2.24) is 9.55 Å². The smallest absolute Gasteiger partial charge is 0.379 e. The molecule has 1 aromatic heterocycles. The molecule has 0 aromatic carbocycles. The third-order valence-corrected chi connectivity index (χ3v) is 13.4. The second-order valence-corrected chi connectivity index (χ2v) is 19.8. The van der Waals surface area contributed by atoms with Crippen LogP contribution in [0.2, 0.25) is 0 Å². The minimum atomic E-state index is -4.58. The average molecular weight is 926 g/mol. The minimum Gasteiger partial charge on any atom is -0.379 e. The van der Waals surface area contributed by atoms with Gasteiger partial charge in [-0.1, -0.05) is 212 Å². The molecule has 372 valence electrons. The van der Waals surface area contributed by atoms with Crippen LogP contribution in [-0.2, 0) is 27.8 Å². The zero-order valence-electron chi connectivity index (χ0n) is 40.7. The Morgan fingerprint density at radius 2 is 1.16 bits per heavy atom. The second-order valence-electron chi connectivity index (χ2n) is 18.4. The molecule has 0 radical (unpaired) electrons. The standard InChI is InChI=1S/C49H92N5O9P/c1-4-6-8-10-12-14-16-18-20-22-24-26-28-30-32-34-36-59-40-44(60-37-35-33-31-29-27-25-23-21-19-17-15-13-11-9-7-5-2)41-61-64(57,58)62-42-46-45(52-53-50)38-47(63-46)54-39-43(3)48(55)51-49(54)56/h39,44-47H,4-38,40-42H2,1-3H3,(H,57,58)(H,51,55,56)/t44-,45+,46-,47-/m1/s1. The van der Waals surface area contributed by atoms with E-state index in [0.717, 1.165) is 32.1 Å². The van der Waals surface area contributed by atoms with Crippen molar-refractivity contribution in [1.29, 1.82) is 0 Å². The van der Waals surface area contributed by atoms with Crippen molar-refractivity contribution >= 4 is 7.82 Å². The van der Waals surface area contributed by atoms with E-state index in [2.05, 4.69) is 28.9 Å². The van der Waals surface area contributed by atoms with Gasteiger partial charge in [-0.15, -0.1) is 0 Å². The number of phosphoric acid groups is 1.